The van der Waals surface area contributed by atoms with Gasteiger partial charge in [0, 0.05) is 6.42 Å². The molecule has 0 aliphatic rings. The third-order valence-corrected chi connectivity index (χ3v) is 2.67. The van der Waals surface area contributed by atoms with Gasteiger partial charge in [0.15, 0.2) is 0 Å². The number of rotatable bonds is 5. The van der Waals surface area contributed by atoms with Gasteiger partial charge >= 0.3 is 0 Å². The lowest BCUT2D eigenvalue weighted by molar-refractivity contribution is 0.338. The van der Waals surface area contributed by atoms with Gasteiger partial charge in [-0.3, -0.25) is 0 Å². The van der Waals surface area contributed by atoms with E-state index in [-0.39, 0.29) is 0 Å². The monoisotopic (exact) mass is 267 g/mol. The Morgan fingerprint density at radius 1 is 1.47 bits per heavy atom. The van der Waals surface area contributed by atoms with Crippen molar-refractivity contribution < 1.29 is 4.74 Å². The molecule has 0 heterocycles. The second-order valence-electron chi connectivity index (χ2n) is 3.21. The minimum absolute atomic E-state index is 0.616. The van der Waals surface area contributed by atoms with Crippen LogP contribution in [0.1, 0.15) is 25.3 Å². The summed E-state index contributed by atoms with van der Waals surface area (Å²) in [6, 6.07) is 8.22. The molecular formula is C12H14BrNO. The van der Waals surface area contributed by atoms with Crippen LogP contribution in [0.15, 0.2) is 22.7 Å². The van der Waals surface area contributed by atoms with Crippen molar-refractivity contribution in [1.29, 1.82) is 5.26 Å². The normalized spacial score (nSPS) is 9.67. The van der Waals surface area contributed by atoms with Crippen LogP contribution >= 0.6 is 15.9 Å². The van der Waals surface area contributed by atoms with Crippen LogP contribution in [0.3, 0.4) is 0 Å². The van der Waals surface area contributed by atoms with Gasteiger partial charge in [0.1, 0.15) is 5.75 Å². The molecule has 0 spiro atoms. The number of nitrogens with zero attached hydrogens (tertiary/aromatic N) is 1. The summed E-state index contributed by atoms with van der Waals surface area (Å²) in [5.41, 5.74) is 1.24. The fourth-order valence-corrected chi connectivity index (χ4v) is 1.88. The summed E-state index contributed by atoms with van der Waals surface area (Å²) in [4.78, 5) is 0. The molecule has 0 radical (unpaired) electrons. The van der Waals surface area contributed by atoms with Crippen LogP contribution in [0.5, 0.6) is 5.75 Å². The van der Waals surface area contributed by atoms with Crippen molar-refractivity contribution in [2.75, 3.05) is 6.61 Å². The summed E-state index contributed by atoms with van der Waals surface area (Å²) in [6.07, 6.45) is 2.47. The fraction of sp³-hybridized carbons (Fsp3) is 0.417. The molecule has 0 saturated carbocycles. The molecule has 80 valence electrons. The predicted octanol–water partition coefficient (Wildman–Crippen LogP) is 3.69. The van der Waals surface area contributed by atoms with Gasteiger partial charge in [-0.25, -0.2) is 0 Å². The number of aryl methyl sites for hydroxylation is 1. The van der Waals surface area contributed by atoms with Gasteiger partial charge in [-0.05, 0) is 53.4 Å². The number of benzene rings is 1. The topological polar surface area (TPSA) is 33.0 Å². The summed E-state index contributed by atoms with van der Waals surface area (Å²) in [5.74, 6) is 0.876. The molecule has 15 heavy (non-hydrogen) atoms. The molecule has 0 aliphatic carbocycles. The summed E-state index contributed by atoms with van der Waals surface area (Å²) < 4.78 is 6.40. The van der Waals surface area contributed by atoms with Crippen LogP contribution in [-0.4, -0.2) is 6.61 Å². The number of nitriles is 1. The second-order valence-corrected chi connectivity index (χ2v) is 4.06. The largest absolute Gasteiger partial charge is 0.493 e. The molecule has 0 aliphatic heterocycles. The molecule has 0 unspecified atom stereocenters. The first-order valence-electron chi connectivity index (χ1n) is 5.06. The number of hydrogen-bond acceptors (Lipinski definition) is 2. The summed E-state index contributed by atoms with van der Waals surface area (Å²) >= 11 is 3.47. The zero-order chi connectivity index (χ0) is 11.1. The van der Waals surface area contributed by atoms with E-state index in [1.807, 2.05) is 19.1 Å². The maximum absolute atomic E-state index is 8.43. The van der Waals surface area contributed by atoms with E-state index < -0.39 is 0 Å². The molecule has 0 saturated heterocycles. The summed E-state index contributed by atoms with van der Waals surface area (Å²) in [5, 5.41) is 8.43. The second kappa shape index (κ2) is 6.47. The highest BCUT2D eigenvalue weighted by molar-refractivity contribution is 9.10. The maximum Gasteiger partial charge on any atom is 0.133 e. The molecule has 1 aromatic carbocycles. The van der Waals surface area contributed by atoms with E-state index in [1.54, 1.807) is 0 Å². The van der Waals surface area contributed by atoms with E-state index in [4.69, 9.17) is 10.00 Å². The molecular weight excluding hydrogens is 254 g/mol. The van der Waals surface area contributed by atoms with Crippen LogP contribution < -0.4 is 4.74 Å². The van der Waals surface area contributed by atoms with Crippen molar-refractivity contribution in [3.05, 3.63) is 28.2 Å². The SMILES string of the molecule is CCOc1ccc(CCCC#N)cc1Br. The van der Waals surface area contributed by atoms with Crippen LogP contribution in [0.25, 0.3) is 0 Å². The minimum Gasteiger partial charge on any atom is -0.493 e. The van der Waals surface area contributed by atoms with Gasteiger partial charge in [0.2, 0.25) is 0 Å². The van der Waals surface area contributed by atoms with Crippen LogP contribution in [0, 0.1) is 11.3 Å². The number of ether oxygens (including phenoxy) is 1. The van der Waals surface area contributed by atoms with Gasteiger partial charge < -0.3 is 4.74 Å². The Kier molecular flexibility index (Phi) is 5.20. The molecule has 0 aromatic heterocycles. The highest BCUT2D eigenvalue weighted by Gasteiger charge is 2.01. The lowest BCUT2D eigenvalue weighted by Gasteiger charge is -2.07. The quantitative estimate of drug-likeness (QED) is 0.763. The average Bonchev–Trinajstić information content (AvgIpc) is 2.23. The Labute approximate surface area is 99.0 Å². The molecule has 0 fully saturated rings. The number of halogens is 1. The Morgan fingerprint density at radius 3 is 2.87 bits per heavy atom. The smallest absolute Gasteiger partial charge is 0.133 e. The molecule has 3 heteroatoms. The van der Waals surface area contributed by atoms with Crippen LogP contribution in [-0.2, 0) is 6.42 Å². The average molecular weight is 268 g/mol. The highest BCUT2D eigenvalue weighted by Crippen LogP contribution is 2.26. The molecule has 0 N–H and O–H groups in total. The Balaban J connectivity index is 2.61. The first-order chi connectivity index (χ1) is 7.27. The maximum atomic E-state index is 8.43. The molecule has 0 amide bonds. The van der Waals surface area contributed by atoms with E-state index in [0.29, 0.717) is 13.0 Å². The van der Waals surface area contributed by atoms with Gasteiger partial charge in [0.25, 0.3) is 0 Å². The minimum atomic E-state index is 0.616. The zero-order valence-corrected chi connectivity index (χ0v) is 10.4. The predicted molar refractivity (Wildman–Crippen MR) is 63.9 cm³/mol. The van der Waals surface area contributed by atoms with Crippen LogP contribution in [0.2, 0.25) is 0 Å². The van der Waals surface area contributed by atoms with Crippen molar-refractivity contribution in [2.45, 2.75) is 26.2 Å². The van der Waals surface area contributed by atoms with E-state index >= 15 is 0 Å². The van der Waals surface area contributed by atoms with Crippen molar-refractivity contribution in [2.24, 2.45) is 0 Å². The molecule has 1 rings (SSSR count). The van der Waals surface area contributed by atoms with Gasteiger partial charge in [0.05, 0.1) is 17.1 Å². The number of unbranched alkanes of at least 4 members (excludes halogenated alkanes) is 1. The zero-order valence-electron chi connectivity index (χ0n) is 8.79. The summed E-state index contributed by atoms with van der Waals surface area (Å²) in [7, 11) is 0. The molecule has 1 aromatic rings. The number of hydrogen-bond donors (Lipinski definition) is 0. The van der Waals surface area contributed by atoms with Crippen molar-refractivity contribution in [1.82, 2.24) is 0 Å². The van der Waals surface area contributed by atoms with E-state index in [9.17, 15) is 0 Å². The lowest BCUT2D eigenvalue weighted by Crippen LogP contribution is -1.93. The molecule has 0 atom stereocenters. The Morgan fingerprint density at radius 2 is 2.27 bits per heavy atom. The van der Waals surface area contributed by atoms with Crippen molar-refractivity contribution >= 4 is 15.9 Å². The van der Waals surface area contributed by atoms with Crippen molar-refractivity contribution in [3.8, 4) is 11.8 Å². The lowest BCUT2D eigenvalue weighted by atomic mass is 10.1. The van der Waals surface area contributed by atoms with Gasteiger partial charge in [-0.15, -0.1) is 0 Å². The Bertz CT molecular complexity index is 357. The van der Waals surface area contributed by atoms with Crippen LogP contribution in [0.4, 0.5) is 0 Å². The fourth-order valence-electron chi connectivity index (χ4n) is 1.34. The van der Waals surface area contributed by atoms with E-state index in [2.05, 4.69) is 28.1 Å². The summed E-state index contributed by atoms with van der Waals surface area (Å²) in [6.45, 7) is 2.64. The Hall–Kier alpha value is -1.01. The third-order valence-electron chi connectivity index (χ3n) is 2.05. The first-order valence-corrected chi connectivity index (χ1v) is 5.85. The van der Waals surface area contributed by atoms with Gasteiger partial charge in [-0.1, -0.05) is 6.07 Å². The first kappa shape index (κ1) is 12.1. The highest BCUT2D eigenvalue weighted by atomic mass is 79.9. The standard InChI is InChI=1S/C12H14BrNO/c1-2-15-12-7-6-10(9-11(12)13)5-3-4-8-14/h6-7,9H,2-5H2,1H3. The van der Waals surface area contributed by atoms with E-state index in [1.165, 1.54) is 5.56 Å². The van der Waals surface area contributed by atoms with Crippen molar-refractivity contribution in [3.63, 3.8) is 0 Å². The molecule has 2 nitrogen and oxygen atoms in total. The molecule has 0 bridgehead atoms. The van der Waals surface area contributed by atoms with E-state index in [0.717, 1.165) is 23.1 Å². The van der Waals surface area contributed by atoms with Gasteiger partial charge in [-0.2, -0.15) is 5.26 Å². The third kappa shape index (κ3) is 3.93.